The molecule has 1 unspecified atom stereocenters. The highest BCUT2D eigenvalue weighted by Crippen LogP contribution is 2.33. The summed E-state index contributed by atoms with van der Waals surface area (Å²) in [6, 6.07) is 11.5. The van der Waals surface area contributed by atoms with Crippen molar-refractivity contribution >= 4 is 29.4 Å². The fourth-order valence-corrected chi connectivity index (χ4v) is 4.33. The van der Waals surface area contributed by atoms with Crippen LogP contribution in [0.1, 0.15) is 23.1 Å². The molecule has 2 aromatic rings. The zero-order chi connectivity index (χ0) is 21.5. The summed E-state index contributed by atoms with van der Waals surface area (Å²) in [4.78, 5) is 40.5. The van der Waals surface area contributed by atoms with E-state index in [2.05, 4.69) is 5.32 Å². The summed E-state index contributed by atoms with van der Waals surface area (Å²) in [6.07, 6.45) is 1.56. The minimum absolute atomic E-state index is 0.0630. The van der Waals surface area contributed by atoms with Crippen molar-refractivity contribution in [2.45, 2.75) is 31.3 Å². The summed E-state index contributed by atoms with van der Waals surface area (Å²) in [6.45, 7) is -0.469. The van der Waals surface area contributed by atoms with Crippen LogP contribution in [0.5, 0.6) is 0 Å². The van der Waals surface area contributed by atoms with Crippen LogP contribution in [0.3, 0.4) is 0 Å². The molecule has 2 aromatic carbocycles. The van der Waals surface area contributed by atoms with Crippen LogP contribution in [-0.2, 0) is 29.0 Å². The normalized spacial score (nSPS) is 20.3. The Morgan fingerprint density at radius 1 is 1.20 bits per heavy atom. The lowest BCUT2D eigenvalue weighted by Crippen LogP contribution is -2.51. The molecule has 4 amide bonds. The maximum absolute atomic E-state index is 14.0. The molecule has 1 fully saturated rings. The number of hydrogen-bond donors (Lipinski definition) is 1. The molecule has 1 N–H and O–H groups in total. The van der Waals surface area contributed by atoms with Gasteiger partial charge in [0, 0.05) is 30.6 Å². The Kier molecular flexibility index (Phi) is 5.24. The SMILES string of the molecule is CN(Cc1c(F)cccc1Cl)C(=O)CN1C(=O)NC2(CCc3ccccc3C2)C1=O. The van der Waals surface area contributed by atoms with Gasteiger partial charge in [-0.25, -0.2) is 9.18 Å². The van der Waals surface area contributed by atoms with Gasteiger partial charge in [0.1, 0.15) is 17.9 Å². The minimum Gasteiger partial charge on any atom is -0.340 e. The van der Waals surface area contributed by atoms with Gasteiger partial charge in [0.05, 0.1) is 0 Å². The van der Waals surface area contributed by atoms with Crippen LogP contribution in [0.15, 0.2) is 42.5 Å². The van der Waals surface area contributed by atoms with Crippen molar-refractivity contribution in [3.63, 3.8) is 0 Å². The first-order chi connectivity index (χ1) is 14.3. The van der Waals surface area contributed by atoms with Gasteiger partial charge in [0.25, 0.3) is 5.91 Å². The van der Waals surface area contributed by atoms with E-state index in [0.717, 1.165) is 10.5 Å². The second kappa shape index (κ2) is 7.72. The van der Waals surface area contributed by atoms with Crippen molar-refractivity contribution < 1.29 is 18.8 Å². The van der Waals surface area contributed by atoms with E-state index in [-0.39, 0.29) is 17.1 Å². The number of nitrogens with one attached hydrogen (secondary N) is 1. The average Bonchev–Trinajstić information content (AvgIpc) is 2.94. The summed E-state index contributed by atoms with van der Waals surface area (Å²) in [5.41, 5.74) is 1.37. The molecular formula is C22H21ClFN3O3. The molecule has 30 heavy (non-hydrogen) atoms. The number of nitrogens with zero attached hydrogens (tertiary/aromatic N) is 2. The Morgan fingerprint density at radius 3 is 2.67 bits per heavy atom. The van der Waals surface area contributed by atoms with Gasteiger partial charge in [0.15, 0.2) is 0 Å². The number of rotatable bonds is 4. The molecule has 1 saturated heterocycles. The van der Waals surface area contributed by atoms with Crippen molar-refractivity contribution in [3.8, 4) is 0 Å². The number of aryl methyl sites for hydroxylation is 1. The first kappa shape index (κ1) is 20.3. The molecule has 0 saturated carbocycles. The minimum atomic E-state index is -1.01. The lowest BCUT2D eigenvalue weighted by molar-refractivity contribution is -0.138. The second-order valence-electron chi connectivity index (χ2n) is 7.80. The molecule has 4 rings (SSSR count). The molecule has 2 aliphatic rings. The highest BCUT2D eigenvalue weighted by Gasteiger charge is 2.52. The topological polar surface area (TPSA) is 69.7 Å². The Morgan fingerprint density at radius 2 is 1.93 bits per heavy atom. The number of amides is 4. The highest BCUT2D eigenvalue weighted by molar-refractivity contribution is 6.31. The molecule has 0 bridgehead atoms. The first-order valence-electron chi connectivity index (χ1n) is 9.68. The van der Waals surface area contributed by atoms with Gasteiger partial charge >= 0.3 is 6.03 Å². The monoisotopic (exact) mass is 429 g/mol. The Balaban J connectivity index is 1.47. The number of carbonyl (C=O) groups excluding carboxylic acids is 3. The second-order valence-corrected chi connectivity index (χ2v) is 8.21. The lowest BCUT2D eigenvalue weighted by atomic mass is 9.78. The van der Waals surface area contributed by atoms with Crippen LogP contribution in [0, 0.1) is 5.82 Å². The van der Waals surface area contributed by atoms with Gasteiger partial charge in [-0.1, -0.05) is 41.9 Å². The third-order valence-corrected chi connectivity index (χ3v) is 6.21. The molecule has 1 aliphatic heterocycles. The van der Waals surface area contributed by atoms with Crippen molar-refractivity contribution in [3.05, 3.63) is 70.0 Å². The van der Waals surface area contributed by atoms with Gasteiger partial charge in [-0.2, -0.15) is 0 Å². The molecule has 6 nitrogen and oxygen atoms in total. The largest absolute Gasteiger partial charge is 0.340 e. The number of carbonyl (C=O) groups is 3. The predicted molar refractivity (Wildman–Crippen MR) is 109 cm³/mol. The molecule has 8 heteroatoms. The number of imide groups is 1. The van der Waals surface area contributed by atoms with Crippen LogP contribution < -0.4 is 5.32 Å². The number of urea groups is 1. The van der Waals surface area contributed by atoms with Gasteiger partial charge < -0.3 is 10.2 Å². The zero-order valence-electron chi connectivity index (χ0n) is 16.5. The van der Waals surface area contributed by atoms with Gasteiger partial charge in [-0.3, -0.25) is 14.5 Å². The Hall–Kier alpha value is -2.93. The van der Waals surface area contributed by atoms with Gasteiger partial charge in [-0.15, -0.1) is 0 Å². The van der Waals surface area contributed by atoms with Crippen LogP contribution in [0.4, 0.5) is 9.18 Å². The van der Waals surface area contributed by atoms with E-state index in [1.165, 1.54) is 29.6 Å². The quantitative estimate of drug-likeness (QED) is 0.760. The van der Waals surface area contributed by atoms with E-state index >= 15 is 0 Å². The molecule has 1 atom stereocenters. The van der Waals surface area contributed by atoms with Crippen molar-refractivity contribution in [2.24, 2.45) is 0 Å². The van der Waals surface area contributed by atoms with E-state index in [9.17, 15) is 18.8 Å². The smallest absolute Gasteiger partial charge is 0.325 e. The number of hydrogen-bond acceptors (Lipinski definition) is 3. The van der Waals surface area contributed by atoms with Crippen molar-refractivity contribution in [1.29, 1.82) is 0 Å². The van der Waals surface area contributed by atoms with Gasteiger partial charge in [0.2, 0.25) is 5.91 Å². The first-order valence-corrected chi connectivity index (χ1v) is 10.1. The summed E-state index contributed by atoms with van der Waals surface area (Å²) in [7, 11) is 1.48. The molecule has 156 valence electrons. The fourth-order valence-electron chi connectivity index (χ4n) is 4.11. The summed E-state index contributed by atoms with van der Waals surface area (Å²) in [5.74, 6) is -1.39. The lowest BCUT2D eigenvalue weighted by Gasteiger charge is -2.32. The maximum atomic E-state index is 14.0. The molecule has 1 heterocycles. The van der Waals surface area contributed by atoms with E-state index in [1.54, 1.807) is 6.07 Å². The third-order valence-electron chi connectivity index (χ3n) is 5.85. The number of benzene rings is 2. The van der Waals surface area contributed by atoms with E-state index in [4.69, 9.17) is 11.6 Å². The molecule has 1 spiro atoms. The number of fused-ring (bicyclic) bond motifs is 1. The average molecular weight is 430 g/mol. The Bertz CT molecular complexity index is 1020. The van der Waals surface area contributed by atoms with Crippen LogP contribution in [0.25, 0.3) is 0 Å². The fraction of sp³-hybridized carbons (Fsp3) is 0.318. The molecule has 1 aliphatic carbocycles. The van der Waals surface area contributed by atoms with Crippen molar-refractivity contribution in [2.75, 3.05) is 13.6 Å². The van der Waals surface area contributed by atoms with Crippen LogP contribution in [-0.4, -0.2) is 46.8 Å². The summed E-state index contributed by atoms with van der Waals surface area (Å²) < 4.78 is 14.0. The standard InChI is InChI=1S/C22H21ClFN3O3/c1-26(12-16-17(23)7-4-8-18(16)24)19(28)13-27-20(29)22(25-21(27)30)10-9-14-5-2-3-6-15(14)11-22/h2-8H,9-13H2,1H3,(H,25,30). The van der Waals surface area contributed by atoms with E-state index < -0.39 is 35.7 Å². The summed E-state index contributed by atoms with van der Waals surface area (Å²) >= 11 is 6.03. The van der Waals surface area contributed by atoms with Crippen molar-refractivity contribution in [1.82, 2.24) is 15.1 Å². The summed E-state index contributed by atoms with van der Waals surface area (Å²) in [5, 5.41) is 3.02. The number of halogens is 2. The Labute approximate surface area is 178 Å². The molecule has 0 radical (unpaired) electrons. The van der Waals surface area contributed by atoms with E-state index in [1.807, 2.05) is 24.3 Å². The molecular weight excluding hydrogens is 409 g/mol. The predicted octanol–water partition coefficient (Wildman–Crippen LogP) is 2.92. The van der Waals surface area contributed by atoms with E-state index in [0.29, 0.717) is 19.3 Å². The maximum Gasteiger partial charge on any atom is 0.325 e. The van der Waals surface area contributed by atoms with Gasteiger partial charge in [-0.05, 0) is 36.1 Å². The number of likely N-dealkylation sites (N-methyl/N-ethyl adjacent to an activating group) is 1. The van der Waals surface area contributed by atoms with Crippen LogP contribution >= 0.6 is 11.6 Å². The van der Waals surface area contributed by atoms with Crippen LogP contribution in [0.2, 0.25) is 5.02 Å². The highest BCUT2D eigenvalue weighted by atomic mass is 35.5. The third kappa shape index (κ3) is 3.54. The zero-order valence-corrected chi connectivity index (χ0v) is 17.2. The molecule has 0 aromatic heterocycles.